The van der Waals surface area contributed by atoms with E-state index in [9.17, 15) is 19.7 Å². The third kappa shape index (κ3) is 6.26. The summed E-state index contributed by atoms with van der Waals surface area (Å²) in [4.78, 5) is 35.9. The quantitative estimate of drug-likeness (QED) is 0.257. The van der Waals surface area contributed by atoms with Gasteiger partial charge in [0.05, 0.1) is 23.7 Å². The fraction of sp³-hybridized carbons (Fsp3) is 0.185. The zero-order valence-electron chi connectivity index (χ0n) is 18.7. The molecule has 0 heterocycles. The van der Waals surface area contributed by atoms with E-state index in [2.05, 4.69) is 0 Å². The molecular weight excluding hydrogens is 450 g/mol. The van der Waals surface area contributed by atoms with E-state index in [-0.39, 0.29) is 24.5 Å². The Bertz CT molecular complexity index is 1190. The second-order valence-electron chi connectivity index (χ2n) is 7.91. The Balaban J connectivity index is 1.52. The molecule has 3 aromatic carbocycles. The number of nitro groups is 1. The summed E-state index contributed by atoms with van der Waals surface area (Å²) in [6, 6.07) is 23.9. The van der Waals surface area contributed by atoms with Crippen molar-refractivity contribution < 1.29 is 28.7 Å². The van der Waals surface area contributed by atoms with Crippen LogP contribution in [0.2, 0.25) is 0 Å². The highest BCUT2D eigenvalue weighted by Crippen LogP contribution is 2.24. The smallest absolute Gasteiger partial charge is 0.338 e. The predicted octanol–water partition coefficient (Wildman–Crippen LogP) is 4.43. The molecule has 1 aliphatic rings. The molecule has 0 radical (unpaired) electrons. The summed E-state index contributed by atoms with van der Waals surface area (Å²) in [5, 5.41) is 10.9. The molecule has 3 aromatic rings. The zero-order chi connectivity index (χ0) is 24.6. The highest BCUT2D eigenvalue weighted by atomic mass is 16.6. The Morgan fingerprint density at radius 2 is 1.40 bits per heavy atom. The number of carbonyl (C=O) groups excluding carboxylic acids is 2. The summed E-state index contributed by atoms with van der Waals surface area (Å²) in [5.74, 6) is -1.22. The van der Waals surface area contributed by atoms with Gasteiger partial charge >= 0.3 is 5.97 Å². The number of benzene rings is 3. The Morgan fingerprint density at radius 1 is 0.829 bits per heavy atom. The standard InChI is InChI=1S/C27H23NO7/c29-23-15-16-24(33-17-19-7-3-1-4-8-19)26(34-18-20-9-5-2-6-10-20)25(23)35-27(30)21-11-13-22(14-12-21)28(31)32/h1-16,24-26H,17-18H2/t24-,25+,26+/m0/s1. The normalized spacial score (nSPS) is 19.3. The van der Waals surface area contributed by atoms with Crippen LogP contribution in [0.15, 0.2) is 97.1 Å². The molecule has 8 nitrogen and oxygen atoms in total. The van der Waals surface area contributed by atoms with Gasteiger partial charge in [-0.3, -0.25) is 14.9 Å². The average molecular weight is 473 g/mol. The van der Waals surface area contributed by atoms with E-state index in [0.29, 0.717) is 0 Å². The Labute approximate surface area is 201 Å². The molecule has 178 valence electrons. The third-order valence-corrected chi connectivity index (χ3v) is 5.47. The molecule has 0 N–H and O–H groups in total. The minimum Gasteiger partial charge on any atom is -0.447 e. The van der Waals surface area contributed by atoms with Crippen LogP contribution in [0.4, 0.5) is 5.69 Å². The molecule has 4 rings (SSSR count). The molecule has 0 unspecified atom stereocenters. The van der Waals surface area contributed by atoms with Crippen LogP contribution in [0.5, 0.6) is 0 Å². The largest absolute Gasteiger partial charge is 0.447 e. The Hall–Kier alpha value is -4.14. The number of esters is 1. The Kier molecular flexibility index (Phi) is 7.77. The fourth-order valence-electron chi connectivity index (χ4n) is 3.62. The lowest BCUT2D eigenvalue weighted by Crippen LogP contribution is -2.49. The van der Waals surface area contributed by atoms with Gasteiger partial charge < -0.3 is 14.2 Å². The summed E-state index contributed by atoms with van der Waals surface area (Å²) >= 11 is 0. The van der Waals surface area contributed by atoms with Crippen molar-refractivity contribution in [2.45, 2.75) is 31.5 Å². The molecule has 0 aliphatic heterocycles. The number of ether oxygens (including phenoxy) is 3. The van der Waals surface area contributed by atoms with Crippen LogP contribution in [0.1, 0.15) is 21.5 Å². The lowest BCUT2D eigenvalue weighted by atomic mass is 9.96. The highest BCUT2D eigenvalue weighted by molar-refractivity contribution is 5.98. The van der Waals surface area contributed by atoms with Gasteiger partial charge in [-0.15, -0.1) is 0 Å². The Morgan fingerprint density at radius 3 is 1.97 bits per heavy atom. The maximum atomic E-state index is 12.8. The maximum Gasteiger partial charge on any atom is 0.338 e. The van der Waals surface area contributed by atoms with Gasteiger partial charge in [0, 0.05) is 12.1 Å². The van der Waals surface area contributed by atoms with E-state index < -0.39 is 35.0 Å². The molecule has 0 saturated heterocycles. The molecule has 35 heavy (non-hydrogen) atoms. The van der Waals surface area contributed by atoms with Gasteiger partial charge in [0.1, 0.15) is 12.2 Å². The van der Waals surface area contributed by atoms with Gasteiger partial charge in [-0.05, 0) is 35.4 Å². The van der Waals surface area contributed by atoms with Gasteiger partial charge in [0.25, 0.3) is 5.69 Å². The molecule has 3 atom stereocenters. The topological polar surface area (TPSA) is 105 Å². The van der Waals surface area contributed by atoms with Crippen molar-refractivity contribution in [3.8, 4) is 0 Å². The molecule has 0 spiro atoms. The zero-order valence-corrected chi connectivity index (χ0v) is 18.7. The summed E-state index contributed by atoms with van der Waals surface area (Å²) in [6.45, 7) is 0.460. The molecule has 0 fully saturated rings. The average Bonchev–Trinajstić information content (AvgIpc) is 2.89. The van der Waals surface area contributed by atoms with Crippen molar-refractivity contribution in [2.24, 2.45) is 0 Å². The summed E-state index contributed by atoms with van der Waals surface area (Å²) in [7, 11) is 0. The molecule has 0 aromatic heterocycles. The minimum atomic E-state index is -1.24. The first-order valence-corrected chi connectivity index (χ1v) is 11.0. The fourth-order valence-corrected chi connectivity index (χ4v) is 3.62. The van der Waals surface area contributed by atoms with Gasteiger partial charge in [-0.2, -0.15) is 0 Å². The van der Waals surface area contributed by atoms with Crippen LogP contribution in [0.25, 0.3) is 0 Å². The van der Waals surface area contributed by atoms with Crippen LogP contribution in [-0.4, -0.2) is 35.0 Å². The van der Waals surface area contributed by atoms with E-state index in [1.54, 1.807) is 6.08 Å². The molecular formula is C27H23NO7. The van der Waals surface area contributed by atoms with Gasteiger partial charge in [0.2, 0.25) is 0 Å². The molecule has 0 amide bonds. The molecule has 1 aliphatic carbocycles. The second-order valence-corrected chi connectivity index (χ2v) is 7.91. The van der Waals surface area contributed by atoms with Crippen LogP contribution in [-0.2, 0) is 32.2 Å². The van der Waals surface area contributed by atoms with Crippen LogP contribution >= 0.6 is 0 Å². The first-order valence-electron chi connectivity index (χ1n) is 11.0. The van der Waals surface area contributed by atoms with Crippen LogP contribution in [0.3, 0.4) is 0 Å². The minimum absolute atomic E-state index is 0.0847. The number of hydrogen-bond acceptors (Lipinski definition) is 7. The lowest BCUT2D eigenvalue weighted by molar-refractivity contribution is -0.384. The molecule has 8 heteroatoms. The van der Waals surface area contributed by atoms with E-state index in [1.807, 2.05) is 60.7 Å². The van der Waals surface area contributed by atoms with Gasteiger partial charge in [0.15, 0.2) is 11.9 Å². The van der Waals surface area contributed by atoms with Crippen LogP contribution < -0.4 is 0 Å². The summed E-state index contributed by atoms with van der Waals surface area (Å²) in [5.41, 5.74) is 1.76. The van der Waals surface area contributed by atoms with Crippen molar-refractivity contribution in [3.63, 3.8) is 0 Å². The monoisotopic (exact) mass is 473 g/mol. The SMILES string of the molecule is O=C(O[C@@H]1C(=O)C=C[C@H](OCc2ccccc2)[C@H]1OCc1ccccc1)c1ccc([N+](=O)[O-])cc1. The highest BCUT2D eigenvalue weighted by Gasteiger charge is 2.40. The number of rotatable bonds is 9. The van der Waals surface area contributed by atoms with E-state index >= 15 is 0 Å². The van der Waals surface area contributed by atoms with E-state index in [1.165, 1.54) is 30.3 Å². The number of hydrogen-bond donors (Lipinski definition) is 0. The van der Waals surface area contributed by atoms with E-state index in [4.69, 9.17) is 14.2 Å². The van der Waals surface area contributed by atoms with E-state index in [0.717, 1.165) is 11.1 Å². The second kappa shape index (κ2) is 11.3. The van der Waals surface area contributed by atoms with Crippen molar-refractivity contribution in [1.29, 1.82) is 0 Å². The molecule has 0 saturated carbocycles. The van der Waals surface area contributed by atoms with Crippen molar-refractivity contribution in [1.82, 2.24) is 0 Å². The number of nitrogens with zero attached hydrogens (tertiary/aromatic N) is 1. The first kappa shape index (κ1) is 24.0. The first-order chi connectivity index (χ1) is 17.0. The summed E-state index contributed by atoms with van der Waals surface area (Å²) in [6.07, 6.45) is 0.153. The van der Waals surface area contributed by atoms with Gasteiger partial charge in [-0.25, -0.2) is 4.79 Å². The maximum absolute atomic E-state index is 12.8. The lowest BCUT2D eigenvalue weighted by Gasteiger charge is -2.33. The number of non-ortho nitro benzene ring substituents is 1. The predicted molar refractivity (Wildman–Crippen MR) is 126 cm³/mol. The van der Waals surface area contributed by atoms with Crippen molar-refractivity contribution in [2.75, 3.05) is 0 Å². The third-order valence-electron chi connectivity index (χ3n) is 5.47. The summed E-state index contributed by atoms with van der Waals surface area (Å²) < 4.78 is 17.7. The number of nitro benzene ring substituents is 1. The number of ketones is 1. The van der Waals surface area contributed by atoms with Crippen LogP contribution in [0, 0.1) is 10.1 Å². The number of carbonyl (C=O) groups is 2. The van der Waals surface area contributed by atoms with Crippen molar-refractivity contribution in [3.05, 3.63) is 124 Å². The van der Waals surface area contributed by atoms with Crippen molar-refractivity contribution >= 4 is 17.4 Å². The molecule has 0 bridgehead atoms. The van der Waals surface area contributed by atoms with Gasteiger partial charge in [-0.1, -0.05) is 60.7 Å².